The van der Waals surface area contributed by atoms with Crippen LogP contribution in [0, 0.1) is 0 Å². The molecule has 94 valence electrons. The summed E-state index contributed by atoms with van der Waals surface area (Å²) in [6.45, 7) is 7.16. The number of esters is 1. The number of carbonyl (C=O) groups excluding carboxylic acids is 1. The molecular formula is C12H16BrNO2S. The van der Waals surface area contributed by atoms with Gasteiger partial charge in [-0.15, -0.1) is 11.3 Å². The number of hydrogen-bond donors (Lipinski definition) is 1. The topological polar surface area (TPSA) is 38.3 Å². The number of carbonyl (C=O) groups is 1. The minimum Gasteiger partial charge on any atom is -0.463 e. The fourth-order valence-electron chi connectivity index (χ4n) is 1.24. The molecule has 0 saturated carbocycles. The lowest BCUT2D eigenvalue weighted by atomic mass is 10.3. The summed E-state index contributed by atoms with van der Waals surface area (Å²) in [7, 11) is 0. The Hall–Kier alpha value is -0.650. The molecule has 0 fully saturated rings. The highest BCUT2D eigenvalue weighted by molar-refractivity contribution is 9.11. The van der Waals surface area contributed by atoms with Gasteiger partial charge in [0, 0.05) is 23.5 Å². The second-order valence-electron chi connectivity index (χ2n) is 3.46. The van der Waals surface area contributed by atoms with Gasteiger partial charge in [0.05, 0.1) is 10.4 Å². The lowest BCUT2D eigenvalue weighted by Gasteiger charge is -2.06. The molecule has 0 saturated heterocycles. The minimum absolute atomic E-state index is 0.320. The van der Waals surface area contributed by atoms with E-state index >= 15 is 0 Å². The Kier molecular flexibility index (Phi) is 6.47. The van der Waals surface area contributed by atoms with E-state index in [1.807, 2.05) is 6.07 Å². The monoisotopic (exact) mass is 317 g/mol. The number of thiophene rings is 1. The van der Waals surface area contributed by atoms with Gasteiger partial charge in [0.25, 0.3) is 0 Å². The van der Waals surface area contributed by atoms with Gasteiger partial charge in [-0.25, -0.2) is 4.79 Å². The van der Waals surface area contributed by atoms with Crippen LogP contribution in [0.2, 0.25) is 0 Å². The van der Waals surface area contributed by atoms with E-state index in [0.717, 1.165) is 16.8 Å². The summed E-state index contributed by atoms with van der Waals surface area (Å²) in [6, 6.07) is 4.13. The highest BCUT2D eigenvalue weighted by atomic mass is 79.9. The van der Waals surface area contributed by atoms with E-state index in [0.29, 0.717) is 18.7 Å². The molecule has 0 radical (unpaired) electrons. The van der Waals surface area contributed by atoms with Crippen LogP contribution in [0.25, 0.3) is 0 Å². The number of hydrogen-bond acceptors (Lipinski definition) is 4. The number of rotatable bonds is 7. The zero-order valence-electron chi connectivity index (χ0n) is 9.79. The van der Waals surface area contributed by atoms with Crippen molar-refractivity contribution in [3.8, 4) is 0 Å². The molecule has 1 aromatic heterocycles. The number of nitrogens with one attached hydrogen (secondary N) is 1. The predicted molar refractivity (Wildman–Crippen MR) is 74.4 cm³/mol. The quantitative estimate of drug-likeness (QED) is 0.477. The van der Waals surface area contributed by atoms with Gasteiger partial charge in [0.1, 0.15) is 0 Å². The van der Waals surface area contributed by atoms with Crippen LogP contribution in [0.15, 0.2) is 28.1 Å². The molecule has 0 aromatic carbocycles. The van der Waals surface area contributed by atoms with Crippen LogP contribution in [0.5, 0.6) is 0 Å². The largest absolute Gasteiger partial charge is 0.463 e. The second-order valence-corrected chi connectivity index (χ2v) is 6.00. The molecule has 0 aliphatic carbocycles. The summed E-state index contributed by atoms with van der Waals surface area (Å²) in [4.78, 5) is 12.6. The Morgan fingerprint density at radius 1 is 1.59 bits per heavy atom. The van der Waals surface area contributed by atoms with E-state index in [1.165, 1.54) is 4.88 Å². The summed E-state index contributed by atoms with van der Waals surface area (Å²) in [5, 5.41) is 3.17. The molecule has 1 aromatic rings. The normalized spacial score (nSPS) is 10.2. The summed E-state index contributed by atoms with van der Waals surface area (Å²) in [5.41, 5.74) is 0.471. The Labute approximate surface area is 114 Å². The van der Waals surface area contributed by atoms with Crippen molar-refractivity contribution in [1.82, 2.24) is 5.32 Å². The number of halogens is 1. The van der Waals surface area contributed by atoms with E-state index in [9.17, 15) is 4.79 Å². The fourth-order valence-corrected chi connectivity index (χ4v) is 2.72. The Morgan fingerprint density at radius 3 is 2.94 bits per heavy atom. The van der Waals surface area contributed by atoms with Crippen LogP contribution in [0.1, 0.15) is 11.8 Å². The van der Waals surface area contributed by atoms with Crippen molar-refractivity contribution in [2.24, 2.45) is 0 Å². The van der Waals surface area contributed by atoms with Gasteiger partial charge in [0.15, 0.2) is 0 Å². The lowest BCUT2D eigenvalue weighted by molar-refractivity contribution is -0.138. The van der Waals surface area contributed by atoms with E-state index in [2.05, 4.69) is 33.9 Å². The summed E-state index contributed by atoms with van der Waals surface area (Å²) < 4.78 is 5.98. The maximum atomic E-state index is 11.2. The van der Waals surface area contributed by atoms with Gasteiger partial charge < -0.3 is 10.1 Å². The van der Waals surface area contributed by atoms with Crippen LogP contribution < -0.4 is 5.32 Å². The SMILES string of the molecule is C=C(CNCCc1ccc(Br)s1)C(=O)OCC. The lowest BCUT2D eigenvalue weighted by Crippen LogP contribution is -2.23. The smallest absolute Gasteiger partial charge is 0.334 e. The molecule has 1 heterocycles. The van der Waals surface area contributed by atoms with Crippen molar-refractivity contribution in [3.63, 3.8) is 0 Å². The average molecular weight is 318 g/mol. The van der Waals surface area contributed by atoms with Crippen LogP contribution in [0.4, 0.5) is 0 Å². The van der Waals surface area contributed by atoms with Crippen molar-refractivity contribution in [1.29, 1.82) is 0 Å². The molecule has 0 spiro atoms. The van der Waals surface area contributed by atoms with E-state index in [4.69, 9.17) is 4.74 Å². The molecule has 0 bridgehead atoms. The van der Waals surface area contributed by atoms with Gasteiger partial charge in [-0.3, -0.25) is 0 Å². The van der Waals surface area contributed by atoms with Crippen molar-refractivity contribution < 1.29 is 9.53 Å². The third-order valence-electron chi connectivity index (χ3n) is 2.08. The van der Waals surface area contributed by atoms with Crippen LogP contribution in [0.3, 0.4) is 0 Å². The summed E-state index contributed by atoms with van der Waals surface area (Å²) in [6.07, 6.45) is 0.951. The van der Waals surface area contributed by atoms with E-state index in [-0.39, 0.29) is 5.97 Å². The first-order chi connectivity index (χ1) is 8.13. The molecule has 1 rings (SSSR count). The second kappa shape index (κ2) is 7.63. The molecule has 0 atom stereocenters. The summed E-state index contributed by atoms with van der Waals surface area (Å²) in [5.74, 6) is -0.320. The zero-order chi connectivity index (χ0) is 12.7. The Balaban J connectivity index is 2.16. The fraction of sp³-hybridized carbons (Fsp3) is 0.417. The Bertz CT molecular complexity index is 390. The van der Waals surface area contributed by atoms with Crippen LogP contribution >= 0.6 is 27.3 Å². The molecule has 0 aliphatic rings. The molecule has 17 heavy (non-hydrogen) atoms. The van der Waals surface area contributed by atoms with Gasteiger partial charge in [-0.2, -0.15) is 0 Å². The van der Waals surface area contributed by atoms with Crippen molar-refractivity contribution in [2.45, 2.75) is 13.3 Å². The molecule has 0 aliphatic heterocycles. The molecule has 0 unspecified atom stereocenters. The molecule has 1 N–H and O–H groups in total. The third kappa shape index (κ3) is 5.48. The first-order valence-corrected chi connectivity index (χ1v) is 7.04. The van der Waals surface area contributed by atoms with E-state index < -0.39 is 0 Å². The van der Waals surface area contributed by atoms with Crippen molar-refractivity contribution >= 4 is 33.2 Å². The minimum atomic E-state index is -0.320. The molecule has 3 nitrogen and oxygen atoms in total. The average Bonchev–Trinajstić information content (AvgIpc) is 2.70. The standard InChI is InChI=1S/C12H16BrNO2S/c1-3-16-12(15)9(2)8-14-7-6-10-4-5-11(13)17-10/h4-5,14H,2-3,6-8H2,1H3. The molecule has 5 heteroatoms. The zero-order valence-corrected chi connectivity index (χ0v) is 12.2. The maximum Gasteiger partial charge on any atom is 0.334 e. The van der Waals surface area contributed by atoms with Gasteiger partial charge >= 0.3 is 5.97 Å². The number of ether oxygens (including phenoxy) is 1. The molecule has 0 amide bonds. The molecular weight excluding hydrogens is 302 g/mol. The summed E-state index contributed by atoms with van der Waals surface area (Å²) >= 11 is 5.15. The van der Waals surface area contributed by atoms with Gasteiger partial charge in [-0.1, -0.05) is 6.58 Å². The van der Waals surface area contributed by atoms with Gasteiger partial charge in [-0.05, 0) is 41.4 Å². The van der Waals surface area contributed by atoms with Gasteiger partial charge in [0.2, 0.25) is 0 Å². The van der Waals surface area contributed by atoms with Crippen molar-refractivity contribution in [2.75, 3.05) is 19.7 Å². The van der Waals surface area contributed by atoms with Crippen LogP contribution in [-0.4, -0.2) is 25.7 Å². The first-order valence-electron chi connectivity index (χ1n) is 5.43. The van der Waals surface area contributed by atoms with E-state index in [1.54, 1.807) is 18.3 Å². The third-order valence-corrected chi connectivity index (χ3v) is 3.76. The predicted octanol–water partition coefficient (Wildman–Crippen LogP) is 2.76. The van der Waals surface area contributed by atoms with Crippen molar-refractivity contribution in [3.05, 3.63) is 32.9 Å². The highest BCUT2D eigenvalue weighted by Crippen LogP contribution is 2.21. The van der Waals surface area contributed by atoms with Crippen LogP contribution in [-0.2, 0) is 16.0 Å². The highest BCUT2D eigenvalue weighted by Gasteiger charge is 2.06. The maximum absolute atomic E-state index is 11.2. The Morgan fingerprint density at radius 2 is 2.35 bits per heavy atom. The first kappa shape index (κ1) is 14.4.